The second-order valence-electron chi connectivity index (χ2n) is 7.53. The predicted octanol–water partition coefficient (Wildman–Crippen LogP) is 5.33. The number of hydrogen-bond donors (Lipinski definition) is 2. The minimum atomic E-state index is -0.0470. The molecule has 1 aliphatic heterocycles. The lowest BCUT2D eigenvalue weighted by atomic mass is 9.75. The summed E-state index contributed by atoms with van der Waals surface area (Å²) in [7, 11) is 0. The molecule has 0 saturated heterocycles. The summed E-state index contributed by atoms with van der Waals surface area (Å²) < 4.78 is 0. The maximum Gasteiger partial charge on any atom is 0.165 e. The summed E-state index contributed by atoms with van der Waals surface area (Å²) in [5.41, 5.74) is 8.04. The molecule has 3 aromatic carbocycles. The minimum absolute atomic E-state index is 0. The van der Waals surface area contributed by atoms with Gasteiger partial charge < -0.3 is 10.2 Å². The smallest absolute Gasteiger partial charge is 0.165 e. The predicted molar refractivity (Wildman–Crippen MR) is 115 cm³/mol. The lowest BCUT2D eigenvalue weighted by Gasteiger charge is -2.41. The van der Waals surface area contributed by atoms with Gasteiger partial charge in [-0.3, -0.25) is 4.90 Å². The van der Waals surface area contributed by atoms with Crippen LogP contribution in [0.4, 0.5) is 0 Å². The van der Waals surface area contributed by atoms with Crippen LogP contribution in [0.2, 0.25) is 0 Å². The summed E-state index contributed by atoms with van der Waals surface area (Å²) in [6, 6.07) is 18.8. The molecule has 0 amide bonds. The van der Waals surface area contributed by atoms with E-state index in [-0.39, 0.29) is 23.9 Å². The largest absolute Gasteiger partial charge is 0.504 e. The van der Waals surface area contributed by atoms with Crippen LogP contribution in [0.15, 0.2) is 54.6 Å². The van der Waals surface area contributed by atoms with Crippen molar-refractivity contribution < 1.29 is 10.2 Å². The zero-order valence-corrected chi connectivity index (χ0v) is 16.7. The molecular formula is C24H24ClNO2. The highest BCUT2D eigenvalue weighted by Crippen LogP contribution is 2.51. The van der Waals surface area contributed by atoms with E-state index in [2.05, 4.69) is 48.2 Å². The van der Waals surface area contributed by atoms with Crippen LogP contribution in [-0.2, 0) is 12.8 Å². The molecule has 0 unspecified atom stereocenters. The Balaban J connectivity index is 0.00000192. The van der Waals surface area contributed by atoms with Crippen LogP contribution in [0.25, 0.3) is 22.3 Å². The first-order valence-corrected chi connectivity index (χ1v) is 9.68. The Bertz CT molecular complexity index is 1030. The summed E-state index contributed by atoms with van der Waals surface area (Å²) in [4.78, 5) is 2.53. The van der Waals surface area contributed by atoms with Crippen molar-refractivity contribution in [2.24, 2.45) is 0 Å². The highest BCUT2D eigenvalue weighted by atomic mass is 35.5. The van der Waals surface area contributed by atoms with Crippen LogP contribution in [0, 0.1) is 0 Å². The summed E-state index contributed by atoms with van der Waals surface area (Å²) >= 11 is 0. The van der Waals surface area contributed by atoms with Gasteiger partial charge in [-0.25, -0.2) is 0 Å². The van der Waals surface area contributed by atoms with E-state index < -0.39 is 0 Å². The lowest BCUT2D eigenvalue weighted by Crippen LogP contribution is -2.38. The van der Waals surface area contributed by atoms with E-state index in [1.165, 1.54) is 22.3 Å². The Morgan fingerprint density at radius 2 is 1.75 bits per heavy atom. The summed E-state index contributed by atoms with van der Waals surface area (Å²) in [6.07, 6.45) is 1.89. The minimum Gasteiger partial charge on any atom is -0.504 e. The van der Waals surface area contributed by atoms with E-state index in [0.717, 1.165) is 42.6 Å². The average Bonchev–Trinajstić information content (AvgIpc) is 2.71. The molecule has 0 aromatic heterocycles. The Labute approximate surface area is 171 Å². The highest BCUT2D eigenvalue weighted by molar-refractivity contribution is 5.86. The zero-order valence-electron chi connectivity index (χ0n) is 15.9. The maximum absolute atomic E-state index is 10.7. The molecular weight excluding hydrogens is 370 g/mol. The third-order valence-corrected chi connectivity index (χ3v) is 6.15. The highest BCUT2D eigenvalue weighted by Gasteiger charge is 2.35. The quantitative estimate of drug-likeness (QED) is 0.578. The van der Waals surface area contributed by atoms with Crippen molar-refractivity contribution in [1.82, 2.24) is 4.90 Å². The van der Waals surface area contributed by atoms with Crippen LogP contribution in [0.3, 0.4) is 0 Å². The van der Waals surface area contributed by atoms with E-state index in [0.29, 0.717) is 6.04 Å². The average molecular weight is 394 g/mol. The summed E-state index contributed by atoms with van der Waals surface area (Å²) in [6.45, 7) is 4.29. The third kappa shape index (κ3) is 2.78. The Kier molecular flexibility index (Phi) is 4.82. The van der Waals surface area contributed by atoms with E-state index in [1.54, 1.807) is 6.07 Å². The number of phenols is 2. The fourth-order valence-corrected chi connectivity index (χ4v) is 4.83. The number of phenolic OH excluding ortho intramolecular Hbond substituents is 2. The van der Waals surface area contributed by atoms with Crippen molar-refractivity contribution in [1.29, 1.82) is 0 Å². The molecule has 2 aliphatic rings. The van der Waals surface area contributed by atoms with Gasteiger partial charge in [0.15, 0.2) is 11.5 Å². The Morgan fingerprint density at radius 3 is 2.50 bits per heavy atom. The molecule has 1 atom stereocenters. The zero-order chi connectivity index (χ0) is 18.5. The van der Waals surface area contributed by atoms with Gasteiger partial charge in [-0.05, 0) is 64.9 Å². The fraction of sp³-hybridized carbons (Fsp3) is 0.250. The SMILES string of the molecule is CCN1CCc2cc(-c3ccccc3)cc3c2[C@H]1Cc1ccc(O)c(O)c1-3.Cl. The number of halogens is 1. The van der Waals surface area contributed by atoms with Crippen molar-refractivity contribution in [3.63, 3.8) is 0 Å². The first kappa shape index (κ1) is 18.9. The molecule has 4 heteroatoms. The molecule has 1 heterocycles. The molecule has 3 nitrogen and oxygen atoms in total. The van der Waals surface area contributed by atoms with Gasteiger partial charge >= 0.3 is 0 Å². The number of aromatic hydroxyl groups is 2. The van der Waals surface area contributed by atoms with Gasteiger partial charge in [-0.2, -0.15) is 0 Å². The van der Waals surface area contributed by atoms with Gasteiger partial charge in [0.05, 0.1) is 0 Å². The Hall–Kier alpha value is -2.49. The number of rotatable bonds is 2. The molecule has 0 bridgehead atoms. The van der Waals surface area contributed by atoms with E-state index in [1.807, 2.05) is 12.1 Å². The molecule has 0 spiro atoms. The van der Waals surface area contributed by atoms with Gasteiger partial charge in [0.1, 0.15) is 0 Å². The van der Waals surface area contributed by atoms with Crippen LogP contribution in [-0.4, -0.2) is 28.2 Å². The molecule has 144 valence electrons. The third-order valence-electron chi connectivity index (χ3n) is 6.15. The van der Waals surface area contributed by atoms with Crippen molar-refractivity contribution >= 4 is 12.4 Å². The van der Waals surface area contributed by atoms with Gasteiger partial charge in [0.2, 0.25) is 0 Å². The molecule has 5 rings (SSSR count). The lowest BCUT2D eigenvalue weighted by molar-refractivity contribution is 0.192. The standard InChI is InChI=1S/C24H23NO2.ClH/c1-2-25-11-10-17-12-18(15-6-4-3-5-7-15)13-19-22(17)20(25)14-16-8-9-21(26)24(27)23(16)19;/h3-9,12-13,20,26-27H,2,10-11,14H2,1H3;1H/t20-;/m1./s1. The molecule has 3 aromatic rings. The number of fused-ring (bicyclic) bond motifs is 2. The molecule has 28 heavy (non-hydrogen) atoms. The van der Waals surface area contributed by atoms with Gasteiger partial charge in [0.25, 0.3) is 0 Å². The molecule has 2 N–H and O–H groups in total. The molecule has 0 fully saturated rings. The second-order valence-corrected chi connectivity index (χ2v) is 7.53. The van der Waals surface area contributed by atoms with Crippen molar-refractivity contribution in [3.05, 3.63) is 71.3 Å². The fourth-order valence-electron chi connectivity index (χ4n) is 4.83. The van der Waals surface area contributed by atoms with Gasteiger partial charge in [-0.15, -0.1) is 12.4 Å². The van der Waals surface area contributed by atoms with Crippen LogP contribution >= 0.6 is 12.4 Å². The number of hydrogen-bond acceptors (Lipinski definition) is 3. The Morgan fingerprint density at radius 1 is 0.964 bits per heavy atom. The number of nitrogens with zero attached hydrogens (tertiary/aromatic N) is 1. The molecule has 1 aliphatic carbocycles. The number of likely N-dealkylation sites (N-methyl/N-ethyl adjacent to an activating group) is 1. The maximum atomic E-state index is 10.7. The van der Waals surface area contributed by atoms with E-state index >= 15 is 0 Å². The monoisotopic (exact) mass is 393 g/mol. The first-order valence-electron chi connectivity index (χ1n) is 9.68. The van der Waals surface area contributed by atoms with Crippen molar-refractivity contribution in [2.45, 2.75) is 25.8 Å². The summed E-state index contributed by atoms with van der Waals surface area (Å²) in [5, 5.41) is 20.8. The summed E-state index contributed by atoms with van der Waals surface area (Å²) in [5.74, 6) is -0.0406. The van der Waals surface area contributed by atoms with Crippen molar-refractivity contribution in [3.8, 4) is 33.8 Å². The van der Waals surface area contributed by atoms with E-state index in [4.69, 9.17) is 0 Å². The van der Waals surface area contributed by atoms with Crippen LogP contribution in [0.1, 0.15) is 29.7 Å². The van der Waals surface area contributed by atoms with Gasteiger partial charge in [0, 0.05) is 18.2 Å². The van der Waals surface area contributed by atoms with Crippen LogP contribution in [0.5, 0.6) is 11.5 Å². The van der Waals surface area contributed by atoms with Crippen LogP contribution < -0.4 is 0 Å². The van der Waals surface area contributed by atoms with Gasteiger partial charge in [-0.1, -0.05) is 49.4 Å². The topological polar surface area (TPSA) is 43.7 Å². The normalized spacial score (nSPS) is 17.4. The second kappa shape index (κ2) is 7.16. The molecule has 0 radical (unpaired) electrons. The number of benzene rings is 3. The van der Waals surface area contributed by atoms with E-state index in [9.17, 15) is 10.2 Å². The first-order chi connectivity index (χ1) is 13.2. The van der Waals surface area contributed by atoms with Crippen molar-refractivity contribution in [2.75, 3.05) is 13.1 Å². The molecule has 0 saturated carbocycles.